The molecule has 96 valence electrons. The van der Waals surface area contributed by atoms with E-state index >= 15 is 0 Å². The Bertz CT molecular complexity index is 337. The van der Waals surface area contributed by atoms with Crippen LogP contribution in [0.25, 0.3) is 0 Å². The maximum Gasteiger partial charge on any atom is 0.0781 e. The molecule has 1 aromatic carbocycles. The zero-order valence-corrected chi connectivity index (χ0v) is 11.0. The summed E-state index contributed by atoms with van der Waals surface area (Å²) in [4.78, 5) is 0. The average molecular weight is 235 g/mol. The number of nitrogens with two attached hydrogens (primary N) is 3. The summed E-state index contributed by atoms with van der Waals surface area (Å²) < 4.78 is 0. The lowest BCUT2D eigenvalue weighted by molar-refractivity contribution is 0.580. The number of rotatable bonds is 6. The third kappa shape index (κ3) is 3.84. The van der Waals surface area contributed by atoms with Gasteiger partial charge in [-0.25, -0.2) is 0 Å². The van der Waals surface area contributed by atoms with Crippen LogP contribution in [0, 0.1) is 0 Å². The van der Waals surface area contributed by atoms with Gasteiger partial charge in [0.1, 0.15) is 0 Å². The van der Waals surface area contributed by atoms with Crippen LogP contribution in [0.1, 0.15) is 57.4 Å². The minimum Gasteiger partial charge on any atom is -0.397 e. The number of nitrogen functional groups attached to an aromatic ring is 3. The smallest absolute Gasteiger partial charge is 0.0781 e. The standard InChI is InChI=1S/C14H25N3/c1-3-4-5-6-7-10(2)11-8-12(15)14(17)13(16)9-11/h8-10H,3-7,15-17H2,1-2H3. The van der Waals surface area contributed by atoms with Gasteiger partial charge in [-0.15, -0.1) is 0 Å². The van der Waals surface area contributed by atoms with Crippen molar-refractivity contribution < 1.29 is 0 Å². The fourth-order valence-electron chi connectivity index (χ4n) is 2.05. The molecule has 0 aliphatic carbocycles. The lowest BCUT2D eigenvalue weighted by atomic mass is 9.93. The van der Waals surface area contributed by atoms with Crippen LogP contribution in [0.5, 0.6) is 0 Å². The van der Waals surface area contributed by atoms with E-state index in [1.807, 2.05) is 12.1 Å². The first kappa shape index (κ1) is 13.7. The second-order valence-electron chi connectivity index (χ2n) is 4.86. The first-order valence-electron chi connectivity index (χ1n) is 6.50. The van der Waals surface area contributed by atoms with Crippen LogP contribution in [0.2, 0.25) is 0 Å². The Morgan fingerprint density at radius 2 is 1.59 bits per heavy atom. The van der Waals surface area contributed by atoms with E-state index in [1.165, 1.54) is 37.7 Å². The molecule has 1 unspecified atom stereocenters. The van der Waals surface area contributed by atoms with Crippen LogP contribution in [0.3, 0.4) is 0 Å². The molecular formula is C14H25N3. The first-order valence-corrected chi connectivity index (χ1v) is 6.50. The van der Waals surface area contributed by atoms with E-state index < -0.39 is 0 Å². The van der Waals surface area contributed by atoms with Crippen molar-refractivity contribution in [3.05, 3.63) is 17.7 Å². The van der Waals surface area contributed by atoms with Crippen molar-refractivity contribution in [1.29, 1.82) is 0 Å². The highest BCUT2D eigenvalue weighted by molar-refractivity contribution is 5.78. The summed E-state index contributed by atoms with van der Waals surface area (Å²) in [6.07, 6.45) is 6.34. The lowest BCUT2D eigenvalue weighted by Gasteiger charge is -2.14. The highest BCUT2D eigenvalue weighted by Crippen LogP contribution is 2.30. The van der Waals surface area contributed by atoms with Gasteiger partial charge in [-0.3, -0.25) is 0 Å². The molecule has 0 radical (unpaired) electrons. The molecule has 0 bridgehead atoms. The Hall–Kier alpha value is -1.38. The van der Waals surface area contributed by atoms with Crippen molar-refractivity contribution in [2.45, 2.75) is 51.9 Å². The van der Waals surface area contributed by atoms with E-state index in [4.69, 9.17) is 17.2 Å². The fourth-order valence-corrected chi connectivity index (χ4v) is 2.05. The molecule has 3 heteroatoms. The molecule has 0 heterocycles. The average Bonchev–Trinajstić information content (AvgIpc) is 2.30. The number of benzene rings is 1. The quantitative estimate of drug-likeness (QED) is 0.521. The van der Waals surface area contributed by atoms with Gasteiger partial charge in [0.25, 0.3) is 0 Å². The molecule has 0 fully saturated rings. The summed E-state index contributed by atoms with van der Waals surface area (Å²) in [5.41, 5.74) is 20.3. The number of hydrogen-bond acceptors (Lipinski definition) is 3. The summed E-state index contributed by atoms with van der Waals surface area (Å²) in [5.74, 6) is 0.497. The molecular weight excluding hydrogens is 210 g/mol. The maximum atomic E-state index is 5.83. The fraction of sp³-hybridized carbons (Fsp3) is 0.571. The first-order chi connectivity index (χ1) is 8.06. The van der Waals surface area contributed by atoms with Crippen molar-refractivity contribution in [2.24, 2.45) is 0 Å². The number of unbranched alkanes of at least 4 members (excludes halogenated alkanes) is 3. The summed E-state index contributed by atoms with van der Waals surface area (Å²) in [5, 5.41) is 0. The molecule has 0 saturated carbocycles. The topological polar surface area (TPSA) is 78.1 Å². The van der Waals surface area contributed by atoms with Gasteiger partial charge in [-0.1, -0.05) is 39.5 Å². The van der Waals surface area contributed by atoms with Gasteiger partial charge in [0.05, 0.1) is 17.1 Å². The highest BCUT2D eigenvalue weighted by Gasteiger charge is 2.09. The normalized spacial score (nSPS) is 12.6. The predicted octanol–water partition coefficient (Wildman–Crippen LogP) is 3.51. The summed E-state index contributed by atoms with van der Waals surface area (Å²) >= 11 is 0. The zero-order valence-electron chi connectivity index (χ0n) is 11.0. The van der Waals surface area contributed by atoms with Crippen molar-refractivity contribution in [3.8, 4) is 0 Å². The minimum atomic E-state index is 0.497. The molecule has 0 amide bonds. The SMILES string of the molecule is CCCCCCC(C)c1cc(N)c(N)c(N)c1. The molecule has 0 saturated heterocycles. The van der Waals surface area contributed by atoms with Gasteiger partial charge in [0.15, 0.2) is 0 Å². The van der Waals surface area contributed by atoms with E-state index in [0.717, 1.165) is 0 Å². The summed E-state index contributed by atoms with van der Waals surface area (Å²) in [7, 11) is 0. The van der Waals surface area contributed by atoms with Gasteiger partial charge < -0.3 is 17.2 Å². The third-order valence-electron chi connectivity index (χ3n) is 3.33. The molecule has 3 nitrogen and oxygen atoms in total. The second kappa shape index (κ2) is 6.38. The van der Waals surface area contributed by atoms with Crippen molar-refractivity contribution in [3.63, 3.8) is 0 Å². The van der Waals surface area contributed by atoms with Crippen LogP contribution in [0.4, 0.5) is 17.1 Å². The van der Waals surface area contributed by atoms with Gasteiger partial charge in [0.2, 0.25) is 0 Å². The molecule has 0 aliphatic rings. The largest absolute Gasteiger partial charge is 0.397 e. The van der Waals surface area contributed by atoms with Gasteiger partial charge in [-0.2, -0.15) is 0 Å². The zero-order chi connectivity index (χ0) is 12.8. The monoisotopic (exact) mass is 235 g/mol. The summed E-state index contributed by atoms with van der Waals surface area (Å²) in [6.45, 7) is 4.45. The molecule has 1 aromatic rings. The molecule has 0 aliphatic heterocycles. The Balaban J connectivity index is 2.60. The molecule has 17 heavy (non-hydrogen) atoms. The Morgan fingerprint density at radius 1 is 1.00 bits per heavy atom. The Labute approximate surface area is 104 Å². The van der Waals surface area contributed by atoms with Crippen LogP contribution in [-0.4, -0.2) is 0 Å². The number of anilines is 3. The van der Waals surface area contributed by atoms with Crippen molar-refractivity contribution >= 4 is 17.1 Å². The van der Waals surface area contributed by atoms with E-state index in [-0.39, 0.29) is 0 Å². The van der Waals surface area contributed by atoms with E-state index in [9.17, 15) is 0 Å². The van der Waals surface area contributed by atoms with Crippen LogP contribution >= 0.6 is 0 Å². The second-order valence-corrected chi connectivity index (χ2v) is 4.86. The molecule has 6 N–H and O–H groups in total. The molecule has 1 rings (SSSR count). The molecule has 0 aromatic heterocycles. The molecule has 0 spiro atoms. The van der Waals surface area contributed by atoms with E-state index in [0.29, 0.717) is 23.0 Å². The van der Waals surface area contributed by atoms with Crippen molar-refractivity contribution in [2.75, 3.05) is 17.2 Å². The predicted molar refractivity (Wildman–Crippen MR) is 76.9 cm³/mol. The lowest BCUT2D eigenvalue weighted by Crippen LogP contribution is -2.03. The Morgan fingerprint density at radius 3 is 2.12 bits per heavy atom. The molecule has 1 atom stereocenters. The van der Waals surface area contributed by atoms with Crippen LogP contribution in [-0.2, 0) is 0 Å². The van der Waals surface area contributed by atoms with Crippen molar-refractivity contribution in [1.82, 2.24) is 0 Å². The van der Waals surface area contributed by atoms with Gasteiger partial charge in [-0.05, 0) is 30.0 Å². The van der Waals surface area contributed by atoms with Crippen LogP contribution < -0.4 is 17.2 Å². The number of hydrogen-bond donors (Lipinski definition) is 3. The maximum absolute atomic E-state index is 5.83. The minimum absolute atomic E-state index is 0.497. The highest BCUT2D eigenvalue weighted by atomic mass is 14.7. The van der Waals surface area contributed by atoms with E-state index in [1.54, 1.807) is 0 Å². The van der Waals surface area contributed by atoms with Gasteiger partial charge >= 0.3 is 0 Å². The van der Waals surface area contributed by atoms with E-state index in [2.05, 4.69) is 13.8 Å². The van der Waals surface area contributed by atoms with Gasteiger partial charge in [0, 0.05) is 0 Å². The third-order valence-corrected chi connectivity index (χ3v) is 3.33. The summed E-state index contributed by atoms with van der Waals surface area (Å²) in [6, 6.07) is 3.91. The van der Waals surface area contributed by atoms with Crippen LogP contribution in [0.15, 0.2) is 12.1 Å². The Kier molecular flexibility index (Phi) is 5.13.